The fourth-order valence-electron chi connectivity index (χ4n) is 4.51. The number of esters is 2. The maximum atomic E-state index is 13.2. The molecule has 0 fully saturated rings. The summed E-state index contributed by atoms with van der Waals surface area (Å²) in [7, 11) is 0. The van der Waals surface area contributed by atoms with E-state index in [4.69, 9.17) is 26.1 Å². The molecule has 0 saturated carbocycles. The second-order valence-electron chi connectivity index (χ2n) is 8.41. The van der Waals surface area contributed by atoms with Crippen molar-refractivity contribution in [1.29, 1.82) is 0 Å². The molecule has 1 aliphatic heterocycles. The lowest BCUT2D eigenvalue weighted by molar-refractivity contribution is -0.146. The minimum Gasteiger partial charge on any atom is -0.465 e. The van der Waals surface area contributed by atoms with Crippen LogP contribution in [0, 0.1) is 5.92 Å². The number of hydrogen-bond acceptors (Lipinski definition) is 8. The van der Waals surface area contributed by atoms with E-state index in [-0.39, 0.29) is 13.2 Å². The number of hydrogen-bond donors (Lipinski definition) is 1. The molecule has 2 aromatic carbocycles. The number of nitrogens with zero attached hydrogens (tertiary/aromatic N) is 2. The SMILES string of the molecule is CCOC(=O)C1=C(C)N=C(C)C(C(=O)OCC)C1c1ccccc1Nc1nc(-c2ccccc2Cl)cs1. The van der Waals surface area contributed by atoms with Gasteiger partial charge in [-0.15, -0.1) is 11.3 Å². The smallest absolute Gasteiger partial charge is 0.336 e. The third-order valence-electron chi connectivity index (χ3n) is 6.06. The molecule has 7 nitrogen and oxygen atoms in total. The fraction of sp³-hybridized carbons (Fsp3) is 0.286. The van der Waals surface area contributed by atoms with Crippen molar-refractivity contribution in [3.05, 3.63) is 75.8 Å². The molecule has 0 aliphatic carbocycles. The number of carbonyl (C=O) groups is 2. The Balaban J connectivity index is 1.78. The number of aliphatic imine (C=N–C) groups is 1. The van der Waals surface area contributed by atoms with Crippen molar-refractivity contribution in [3.63, 3.8) is 0 Å². The number of anilines is 2. The van der Waals surface area contributed by atoms with Crippen LogP contribution < -0.4 is 5.32 Å². The van der Waals surface area contributed by atoms with Gasteiger partial charge in [0.15, 0.2) is 5.13 Å². The number of ether oxygens (including phenoxy) is 2. The summed E-state index contributed by atoms with van der Waals surface area (Å²) in [6, 6.07) is 15.1. The van der Waals surface area contributed by atoms with Crippen LogP contribution in [0.15, 0.2) is 70.2 Å². The number of rotatable bonds is 8. The average Bonchev–Trinajstić information content (AvgIpc) is 3.32. The number of thiazole rings is 1. The molecule has 1 aromatic heterocycles. The van der Waals surface area contributed by atoms with Gasteiger partial charge in [0, 0.05) is 39.0 Å². The zero-order chi connectivity index (χ0) is 26.5. The second kappa shape index (κ2) is 11.7. The highest BCUT2D eigenvalue weighted by Crippen LogP contribution is 2.43. The first-order chi connectivity index (χ1) is 17.8. The first kappa shape index (κ1) is 26.6. The van der Waals surface area contributed by atoms with E-state index in [1.54, 1.807) is 27.7 Å². The van der Waals surface area contributed by atoms with Crippen molar-refractivity contribution in [2.75, 3.05) is 18.5 Å². The van der Waals surface area contributed by atoms with Crippen molar-refractivity contribution in [2.24, 2.45) is 10.9 Å². The Morgan fingerprint density at radius 3 is 2.46 bits per heavy atom. The standard InChI is InChI=1S/C28H28ClN3O4S/c1-5-35-26(33)23-16(3)30-17(4)24(27(34)36-6-2)25(23)19-12-8-10-14-21(19)31-28-32-22(15-37-28)18-11-7-9-13-20(18)29/h7-15,23,25H,5-6H2,1-4H3,(H,31,32). The summed E-state index contributed by atoms with van der Waals surface area (Å²) in [5.41, 5.74) is 4.49. The van der Waals surface area contributed by atoms with Crippen LogP contribution in [0.5, 0.6) is 0 Å². The van der Waals surface area contributed by atoms with Gasteiger partial charge in [0.1, 0.15) is 5.92 Å². The Morgan fingerprint density at radius 1 is 1.03 bits per heavy atom. The van der Waals surface area contributed by atoms with Crippen LogP contribution in [0.1, 0.15) is 39.2 Å². The lowest BCUT2D eigenvalue weighted by Gasteiger charge is -2.32. The lowest BCUT2D eigenvalue weighted by atomic mass is 9.75. The van der Waals surface area contributed by atoms with Crippen LogP contribution in [0.25, 0.3) is 11.3 Å². The van der Waals surface area contributed by atoms with E-state index in [0.29, 0.717) is 32.8 Å². The molecule has 192 valence electrons. The van der Waals surface area contributed by atoms with Gasteiger partial charge in [0.2, 0.25) is 0 Å². The van der Waals surface area contributed by atoms with Gasteiger partial charge in [0.25, 0.3) is 0 Å². The second-order valence-corrected chi connectivity index (χ2v) is 9.68. The Morgan fingerprint density at radius 2 is 1.73 bits per heavy atom. The Kier molecular flexibility index (Phi) is 8.41. The number of benzene rings is 2. The van der Waals surface area contributed by atoms with E-state index in [1.165, 1.54) is 11.3 Å². The molecule has 0 saturated heterocycles. The van der Waals surface area contributed by atoms with E-state index in [1.807, 2.05) is 53.9 Å². The quantitative estimate of drug-likeness (QED) is 0.318. The first-order valence-electron chi connectivity index (χ1n) is 12.0. The van der Waals surface area contributed by atoms with Crippen molar-refractivity contribution < 1.29 is 19.1 Å². The summed E-state index contributed by atoms with van der Waals surface area (Å²) in [5, 5.41) is 6.59. The van der Waals surface area contributed by atoms with Crippen LogP contribution in [-0.4, -0.2) is 35.8 Å². The van der Waals surface area contributed by atoms with E-state index in [2.05, 4.69) is 10.3 Å². The number of nitrogens with one attached hydrogen (secondary N) is 1. The van der Waals surface area contributed by atoms with Crippen molar-refractivity contribution in [1.82, 2.24) is 4.98 Å². The number of aromatic nitrogens is 1. The van der Waals surface area contributed by atoms with E-state index in [0.717, 1.165) is 16.8 Å². The molecule has 2 unspecified atom stereocenters. The van der Waals surface area contributed by atoms with Gasteiger partial charge in [-0.25, -0.2) is 9.78 Å². The molecule has 0 radical (unpaired) electrons. The van der Waals surface area contributed by atoms with Gasteiger partial charge < -0.3 is 14.8 Å². The van der Waals surface area contributed by atoms with Gasteiger partial charge in [-0.05, 0) is 45.4 Å². The highest BCUT2D eigenvalue weighted by Gasteiger charge is 2.43. The predicted octanol–water partition coefficient (Wildman–Crippen LogP) is 6.78. The van der Waals surface area contributed by atoms with Crippen LogP contribution in [0.3, 0.4) is 0 Å². The van der Waals surface area contributed by atoms with Crippen LogP contribution >= 0.6 is 22.9 Å². The van der Waals surface area contributed by atoms with Gasteiger partial charge in [-0.3, -0.25) is 9.79 Å². The van der Waals surface area contributed by atoms with Gasteiger partial charge >= 0.3 is 11.9 Å². The monoisotopic (exact) mass is 537 g/mol. The largest absolute Gasteiger partial charge is 0.465 e. The summed E-state index contributed by atoms with van der Waals surface area (Å²) < 4.78 is 10.8. The normalized spacial score (nSPS) is 17.3. The average molecular weight is 538 g/mol. The Bertz CT molecular complexity index is 1380. The molecule has 2 atom stereocenters. The molecule has 1 N–H and O–H groups in total. The zero-order valence-corrected chi connectivity index (χ0v) is 22.7. The van der Waals surface area contributed by atoms with Gasteiger partial charge in [-0.2, -0.15) is 0 Å². The van der Waals surface area contributed by atoms with Gasteiger partial charge in [-0.1, -0.05) is 48.0 Å². The minimum absolute atomic E-state index is 0.207. The number of carbonyl (C=O) groups excluding carboxylic acids is 2. The van der Waals surface area contributed by atoms with Crippen molar-refractivity contribution >= 4 is 51.4 Å². The molecule has 37 heavy (non-hydrogen) atoms. The number of para-hydroxylation sites is 1. The van der Waals surface area contributed by atoms with E-state index < -0.39 is 23.8 Å². The van der Waals surface area contributed by atoms with Crippen molar-refractivity contribution in [3.8, 4) is 11.3 Å². The Labute approximate surface area is 225 Å². The summed E-state index contributed by atoms with van der Waals surface area (Å²) in [6.07, 6.45) is 0. The maximum Gasteiger partial charge on any atom is 0.336 e. The van der Waals surface area contributed by atoms with Crippen LogP contribution in [-0.2, 0) is 19.1 Å². The molecule has 0 spiro atoms. The lowest BCUT2D eigenvalue weighted by Crippen LogP contribution is -2.36. The highest BCUT2D eigenvalue weighted by atomic mass is 35.5. The fourth-order valence-corrected chi connectivity index (χ4v) is 5.46. The molecule has 0 bridgehead atoms. The molecular weight excluding hydrogens is 510 g/mol. The predicted molar refractivity (Wildman–Crippen MR) is 148 cm³/mol. The molecule has 0 amide bonds. The molecule has 4 rings (SSSR count). The summed E-state index contributed by atoms with van der Waals surface area (Å²) in [4.78, 5) is 35.6. The summed E-state index contributed by atoms with van der Waals surface area (Å²) in [5.74, 6) is -2.36. The number of allylic oxidation sites excluding steroid dienone is 1. The zero-order valence-electron chi connectivity index (χ0n) is 21.1. The molecule has 9 heteroatoms. The van der Waals surface area contributed by atoms with Gasteiger partial charge in [0.05, 0.1) is 24.5 Å². The Hall–Kier alpha value is -3.49. The highest BCUT2D eigenvalue weighted by molar-refractivity contribution is 7.14. The van der Waals surface area contributed by atoms with E-state index in [9.17, 15) is 9.59 Å². The maximum absolute atomic E-state index is 13.2. The van der Waals surface area contributed by atoms with Crippen LogP contribution in [0.2, 0.25) is 5.02 Å². The first-order valence-corrected chi connectivity index (χ1v) is 13.3. The minimum atomic E-state index is -0.777. The molecule has 2 heterocycles. The topological polar surface area (TPSA) is 89.9 Å². The van der Waals surface area contributed by atoms with E-state index >= 15 is 0 Å². The third-order valence-corrected chi connectivity index (χ3v) is 7.14. The molecule has 3 aromatic rings. The van der Waals surface area contributed by atoms with Crippen LogP contribution in [0.4, 0.5) is 10.8 Å². The number of halogens is 1. The molecule has 1 aliphatic rings. The third kappa shape index (κ3) is 5.60. The molecular formula is C28H28ClN3O4S. The van der Waals surface area contributed by atoms with Crippen molar-refractivity contribution in [2.45, 2.75) is 33.6 Å². The summed E-state index contributed by atoms with van der Waals surface area (Å²) >= 11 is 7.80. The summed E-state index contributed by atoms with van der Waals surface area (Å²) in [6.45, 7) is 7.47.